The lowest BCUT2D eigenvalue weighted by atomic mass is 9.91. The van der Waals surface area contributed by atoms with E-state index in [4.69, 9.17) is 16.3 Å². The third kappa shape index (κ3) is 5.78. The number of hydrogen-bond donors (Lipinski definition) is 2. The van der Waals surface area contributed by atoms with Crippen molar-refractivity contribution in [2.75, 3.05) is 18.5 Å². The third-order valence-electron chi connectivity index (χ3n) is 5.45. The van der Waals surface area contributed by atoms with Crippen LogP contribution in [0.25, 0.3) is 5.70 Å². The number of nitrogens with one attached hydrogen (secondary N) is 2. The Kier molecular flexibility index (Phi) is 8.71. The Morgan fingerprint density at radius 1 is 1.15 bits per heavy atom. The highest BCUT2D eigenvalue weighted by Crippen LogP contribution is 2.37. The molecule has 2 aromatic rings. The predicted octanol–water partition coefficient (Wildman–Crippen LogP) is 5.09. The summed E-state index contributed by atoms with van der Waals surface area (Å²) in [6.07, 6.45) is 1.67. The van der Waals surface area contributed by atoms with Crippen LogP contribution in [0.4, 0.5) is 10.5 Å². The van der Waals surface area contributed by atoms with Crippen molar-refractivity contribution < 1.29 is 19.1 Å². The van der Waals surface area contributed by atoms with E-state index in [9.17, 15) is 14.4 Å². The molecule has 180 valence electrons. The number of hydrogen-bond acceptors (Lipinski definition) is 4. The van der Waals surface area contributed by atoms with E-state index in [2.05, 4.69) is 10.6 Å². The minimum Gasteiger partial charge on any atom is -0.463 e. The number of unbranched alkanes of at least 4 members (excludes halogenated alkanes) is 1. The number of carbonyl (C=O) groups is 3. The number of halogens is 1. The van der Waals surface area contributed by atoms with Crippen LogP contribution in [0.2, 0.25) is 0 Å². The second-order valence-electron chi connectivity index (χ2n) is 7.97. The number of benzene rings is 2. The van der Waals surface area contributed by atoms with Crippen LogP contribution in [0.15, 0.2) is 60.2 Å². The molecule has 0 aliphatic carbocycles. The number of rotatable bonds is 9. The van der Waals surface area contributed by atoms with Crippen LogP contribution in [-0.2, 0) is 14.3 Å². The van der Waals surface area contributed by atoms with Crippen molar-refractivity contribution >= 4 is 40.9 Å². The molecule has 1 heterocycles. The molecule has 0 saturated carbocycles. The summed E-state index contributed by atoms with van der Waals surface area (Å²) >= 11 is 5.89. The molecule has 2 atom stereocenters. The summed E-state index contributed by atoms with van der Waals surface area (Å²) in [5.41, 5.74) is 2.78. The van der Waals surface area contributed by atoms with Crippen LogP contribution >= 0.6 is 11.6 Å². The summed E-state index contributed by atoms with van der Waals surface area (Å²) in [6.45, 7) is 6.04. The normalized spacial score (nSPS) is 16.6. The van der Waals surface area contributed by atoms with Crippen molar-refractivity contribution in [1.29, 1.82) is 0 Å². The molecule has 34 heavy (non-hydrogen) atoms. The fourth-order valence-electron chi connectivity index (χ4n) is 3.81. The number of esters is 1. The summed E-state index contributed by atoms with van der Waals surface area (Å²) in [5.74, 6) is -0.847. The average molecular weight is 484 g/mol. The lowest BCUT2D eigenvalue weighted by Gasteiger charge is -2.37. The highest BCUT2D eigenvalue weighted by atomic mass is 35.5. The molecule has 0 bridgehead atoms. The van der Waals surface area contributed by atoms with Gasteiger partial charge in [0, 0.05) is 12.2 Å². The first-order valence-electron chi connectivity index (χ1n) is 11.5. The van der Waals surface area contributed by atoms with Crippen LogP contribution in [0, 0.1) is 0 Å². The average Bonchev–Trinajstić information content (AvgIpc) is 2.83. The summed E-state index contributed by atoms with van der Waals surface area (Å²) in [6, 6.07) is 15.3. The van der Waals surface area contributed by atoms with Crippen LogP contribution in [-0.4, -0.2) is 41.3 Å². The van der Waals surface area contributed by atoms with E-state index < -0.39 is 17.4 Å². The van der Waals surface area contributed by atoms with Gasteiger partial charge in [0.1, 0.15) is 5.38 Å². The molecule has 1 aliphatic rings. The second-order valence-corrected chi connectivity index (χ2v) is 8.62. The number of nitrogens with zero attached hydrogens (tertiary/aromatic N) is 1. The Bertz CT molecular complexity index is 1070. The van der Waals surface area contributed by atoms with Crippen LogP contribution in [0.5, 0.6) is 0 Å². The van der Waals surface area contributed by atoms with Gasteiger partial charge in [-0.1, -0.05) is 55.8 Å². The fraction of sp³-hybridized carbons (Fsp3) is 0.346. The smallest absolute Gasteiger partial charge is 0.338 e. The molecular formula is C26H30ClN3O4. The lowest BCUT2D eigenvalue weighted by molar-refractivity contribution is -0.139. The maximum absolute atomic E-state index is 13.3. The molecule has 0 aromatic heterocycles. The minimum atomic E-state index is -0.759. The van der Waals surface area contributed by atoms with Crippen molar-refractivity contribution in [1.82, 2.24) is 10.2 Å². The first-order valence-corrected chi connectivity index (χ1v) is 11.9. The standard InChI is InChI=1S/C26H30ClN3O4/c1-4-6-15-30-23(18-11-8-7-9-12-18)21(25(32)34-5-2)22(29-26(30)33)19-13-10-14-20(16-19)28-24(31)17(3)27/h7-14,16-17,22H,4-6,15H2,1-3H3,(H,28,31)(H,29,33). The van der Waals surface area contributed by atoms with E-state index in [0.717, 1.165) is 18.4 Å². The Morgan fingerprint density at radius 2 is 1.88 bits per heavy atom. The summed E-state index contributed by atoms with van der Waals surface area (Å²) < 4.78 is 5.44. The van der Waals surface area contributed by atoms with Gasteiger partial charge in [-0.2, -0.15) is 0 Å². The molecule has 2 unspecified atom stereocenters. The molecule has 1 aliphatic heterocycles. The van der Waals surface area contributed by atoms with Crippen molar-refractivity contribution in [2.24, 2.45) is 0 Å². The maximum atomic E-state index is 13.3. The van der Waals surface area contributed by atoms with E-state index in [1.54, 1.807) is 43.0 Å². The largest absolute Gasteiger partial charge is 0.463 e. The van der Waals surface area contributed by atoms with Gasteiger partial charge < -0.3 is 15.4 Å². The van der Waals surface area contributed by atoms with Crippen LogP contribution in [0.3, 0.4) is 0 Å². The Balaban J connectivity index is 2.17. The summed E-state index contributed by atoms with van der Waals surface area (Å²) in [5, 5.41) is 5.02. The minimum absolute atomic E-state index is 0.198. The van der Waals surface area contributed by atoms with Crippen molar-refractivity contribution in [3.05, 3.63) is 71.3 Å². The lowest BCUT2D eigenvalue weighted by Crippen LogP contribution is -2.48. The van der Waals surface area contributed by atoms with Crippen LogP contribution in [0.1, 0.15) is 50.8 Å². The second kappa shape index (κ2) is 11.7. The molecule has 7 nitrogen and oxygen atoms in total. The molecule has 0 saturated heterocycles. The molecule has 0 spiro atoms. The molecule has 2 aromatic carbocycles. The Morgan fingerprint density at radius 3 is 2.53 bits per heavy atom. The number of anilines is 1. The maximum Gasteiger partial charge on any atom is 0.338 e. The quantitative estimate of drug-likeness (QED) is 0.384. The van der Waals surface area contributed by atoms with E-state index in [1.165, 1.54) is 0 Å². The first kappa shape index (κ1) is 25.3. The molecule has 3 rings (SSSR count). The first-order chi connectivity index (χ1) is 16.4. The fourth-order valence-corrected chi connectivity index (χ4v) is 3.86. The summed E-state index contributed by atoms with van der Waals surface area (Å²) in [4.78, 5) is 40.3. The SMILES string of the molecule is CCCCN1C(=O)NC(c2cccc(NC(=O)C(C)Cl)c2)C(C(=O)OCC)=C1c1ccccc1. The van der Waals surface area contributed by atoms with E-state index in [-0.39, 0.29) is 18.5 Å². The zero-order chi connectivity index (χ0) is 24.7. The van der Waals surface area contributed by atoms with E-state index in [0.29, 0.717) is 29.1 Å². The zero-order valence-electron chi connectivity index (χ0n) is 19.6. The number of alkyl halides is 1. The molecular weight excluding hydrogens is 454 g/mol. The molecule has 0 radical (unpaired) electrons. The van der Waals surface area contributed by atoms with E-state index >= 15 is 0 Å². The third-order valence-corrected chi connectivity index (χ3v) is 5.65. The van der Waals surface area contributed by atoms with E-state index in [1.807, 2.05) is 37.3 Å². The van der Waals surface area contributed by atoms with Gasteiger partial charge in [-0.15, -0.1) is 11.6 Å². The van der Waals surface area contributed by atoms with Crippen molar-refractivity contribution in [2.45, 2.75) is 45.0 Å². The molecule has 2 N–H and O–H groups in total. The molecule has 8 heteroatoms. The summed E-state index contributed by atoms with van der Waals surface area (Å²) in [7, 11) is 0. The predicted molar refractivity (Wildman–Crippen MR) is 133 cm³/mol. The zero-order valence-corrected chi connectivity index (χ0v) is 20.4. The van der Waals surface area contributed by atoms with Gasteiger partial charge in [0.15, 0.2) is 0 Å². The number of urea groups is 1. The van der Waals surface area contributed by atoms with Gasteiger partial charge in [0.25, 0.3) is 0 Å². The van der Waals surface area contributed by atoms with Gasteiger partial charge >= 0.3 is 12.0 Å². The number of carbonyl (C=O) groups excluding carboxylic acids is 3. The van der Waals surface area contributed by atoms with Gasteiger partial charge in [0.2, 0.25) is 5.91 Å². The monoisotopic (exact) mass is 483 g/mol. The van der Waals surface area contributed by atoms with Gasteiger partial charge in [-0.3, -0.25) is 9.69 Å². The number of ether oxygens (including phenoxy) is 1. The number of amides is 3. The Labute approximate surface area is 205 Å². The van der Waals surface area contributed by atoms with Crippen LogP contribution < -0.4 is 10.6 Å². The highest BCUT2D eigenvalue weighted by molar-refractivity contribution is 6.32. The topological polar surface area (TPSA) is 87.7 Å². The van der Waals surface area contributed by atoms with Gasteiger partial charge in [0.05, 0.1) is 23.9 Å². The molecule has 0 fully saturated rings. The van der Waals surface area contributed by atoms with Gasteiger partial charge in [-0.05, 0) is 43.5 Å². The highest BCUT2D eigenvalue weighted by Gasteiger charge is 2.38. The Hall–Kier alpha value is -3.32. The van der Waals surface area contributed by atoms with Crippen molar-refractivity contribution in [3.8, 4) is 0 Å². The molecule has 3 amide bonds. The van der Waals surface area contributed by atoms with Crippen molar-refractivity contribution in [3.63, 3.8) is 0 Å². The van der Waals surface area contributed by atoms with Gasteiger partial charge in [-0.25, -0.2) is 9.59 Å².